The molecule has 0 aromatic carbocycles. The first-order valence-corrected chi connectivity index (χ1v) is 8.92. The summed E-state index contributed by atoms with van der Waals surface area (Å²) in [5.74, 6) is -0.0714. The molecule has 3 aromatic heterocycles. The van der Waals surface area contributed by atoms with Crippen LogP contribution in [0.5, 0.6) is 0 Å². The number of thiazole rings is 1. The van der Waals surface area contributed by atoms with Crippen LogP contribution in [0.3, 0.4) is 0 Å². The number of carbonyl (C=O) groups excluding carboxylic acids is 1. The number of thiophene rings is 1. The highest BCUT2D eigenvalue weighted by molar-refractivity contribution is 7.15. The lowest BCUT2D eigenvalue weighted by Crippen LogP contribution is -2.26. The van der Waals surface area contributed by atoms with Gasteiger partial charge in [0.1, 0.15) is 11.4 Å². The maximum atomic E-state index is 12.3. The molecule has 3 rings (SSSR count). The molecule has 5 nitrogen and oxygen atoms in total. The summed E-state index contributed by atoms with van der Waals surface area (Å²) >= 11 is 3.12. The molecule has 22 heavy (non-hydrogen) atoms. The SMILES string of the molecule is CCOCCCNC(=O)c1csc2nc(-c3cccs3)cn12. The van der Waals surface area contributed by atoms with Gasteiger partial charge in [0, 0.05) is 31.3 Å². The third-order valence-corrected chi connectivity index (χ3v) is 4.90. The van der Waals surface area contributed by atoms with Gasteiger partial charge < -0.3 is 10.1 Å². The first kappa shape index (κ1) is 15.2. The van der Waals surface area contributed by atoms with E-state index in [-0.39, 0.29) is 5.91 Å². The van der Waals surface area contributed by atoms with Gasteiger partial charge in [-0.05, 0) is 24.8 Å². The normalized spacial score (nSPS) is 11.1. The van der Waals surface area contributed by atoms with Crippen molar-refractivity contribution in [1.29, 1.82) is 0 Å². The van der Waals surface area contributed by atoms with Crippen molar-refractivity contribution in [3.63, 3.8) is 0 Å². The van der Waals surface area contributed by atoms with E-state index in [0.717, 1.165) is 22.0 Å². The molecule has 0 aliphatic heterocycles. The van der Waals surface area contributed by atoms with E-state index < -0.39 is 0 Å². The smallest absolute Gasteiger partial charge is 0.269 e. The Morgan fingerprint density at radius 1 is 1.45 bits per heavy atom. The number of fused-ring (bicyclic) bond motifs is 1. The Balaban J connectivity index is 1.70. The van der Waals surface area contributed by atoms with E-state index in [4.69, 9.17) is 4.74 Å². The minimum Gasteiger partial charge on any atom is -0.382 e. The Kier molecular flexibility index (Phi) is 4.87. The summed E-state index contributed by atoms with van der Waals surface area (Å²) < 4.78 is 7.12. The van der Waals surface area contributed by atoms with Gasteiger partial charge in [-0.3, -0.25) is 9.20 Å². The molecule has 116 valence electrons. The zero-order valence-corrected chi connectivity index (χ0v) is 13.9. The standard InChI is InChI=1S/C15H17N3O2S2/c1-2-20-7-4-6-16-14(19)12-10-22-15-17-11(9-18(12)15)13-5-3-8-21-13/h3,5,8-10H,2,4,6-7H2,1H3,(H,16,19). The monoisotopic (exact) mass is 335 g/mol. The minimum atomic E-state index is -0.0714. The molecule has 0 aliphatic rings. The molecule has 0 atom stereocenters. The summed E-state index contributed by atoms with van der Waals surface area (Å²) in [6, 6.07) is 4.03. The van der Waals surface area contributed by atoms with Crippen molar-refractivity contribution in [2.45, 2.75) is 13.3 Å². The molecule has 7 heteroatoms. The Hall–Kier alpha value is -1.70. The topological polar surface area (TPSA) is 55.6 Å². The highest BCUT2D eigenvalue weighted by Gasteiger charge is 2.15. The molecule has 1 amide bonds. The summed E-state index contributed by atoms with van der Waals surface area (Å²) in [5, 5.41) is 6.79. The van der Waals surface area contributed by atoms with Crippen LogP contribution in [-0.4, -0.2) is 35.1 Å². The fourth-order valence-electron chi connectivity index (χ4n) is 2.10. The molecule has 3 aromatic rings. The predicted octanol–water partition coefficient (Wildman–Crippen LogP) is 3.28. The highest BCUT2D eigenvalue weighted by Crippen LogP contribution is 2.26. The van der Waals surface area contributed by atoms with Gasteiger partial charge in [0.25, 0.3) is 5.91 Å². The molecule has 0 fully saturated rings. The molecule has 0 radical (unpaired) electrons. The van der Waals surface area contributed by atoms with Crippen LogP contribution in [0.15, 0.2) is 29.1 Å². The number of hydrogen-bond acceptors (Lipinski definition) is 5. The second-order valence-electron chi connectivity index (χ2n) is 4.68. The second kappa shape index (κ2) is 7.04. The maximum Gasteiger partial charge on any atom is 0.269 e. The minimum absolute atomic E-state index is 0.0714. The first-order valence-electron chi connectivity index (χ1n) is 7.16. The molecule has 3 heterocycles. The van der Waals surface area contributed by atoms with E-state index >= 15 is 0 Å². The quantitative estimate of drug-likeness (QED) is 0.674. The Labute approximate surface area is 136 Å². The van der Waals surface area contributed by atoms with Crippen molar-refractivity contribution >= 4 is 33.5 Å². The lowest BCUT2D eigenvalue weighted by Gasteiger charge is -2.04. The van der Waals surface area contributed by atoms with E-state index in [1.54, 1.807) is 11.3 Å². The molecule has 0 bridgehead atoms. The van der Waals surface area contributed by atoms with Gasteiger partial charge in [0.15, 0.2) is 4.96 Å². The number of nitrogens with zero attached hydrogens (tertiary/aromatic N) is 2. The van der Waals surface area contributed by atoms with Crippen molar-refractivity contribution in [1.82, 2.24) is 14.7 Å². The van der Waals surface area contributed by atoms with Crippen LogP contribution in [0.25, 0.3) is 15.5 Å². The number of imidazole rings is 1. The van der Waals surface area contributed by atoms with Crippen molar-refractivity contribution in [2.24, 2.45) is 0 Å². The average molecular weight is 335 g/mol. The van der Waals surface area contributed by atoms with Crippen LogP contribution in [0.4, 0.5) is 0 Å². The fourth-order valence-corrected chi connectivity index (χ4v) is 3.63. The number of amides is 1. The molecule has 0 aliphatic carbocycles. The van der Waals surface area contributed by atoms with E-state index in [2.05, 4.69) is 10.3 Å². The van der Waals surface area contributed by atoms with Crippen LogP contribution in [0.1, 0.15) is 23.8 Å². The van der Waals surface area contributed by atoms with E-state index in [1.165, 1.54) is 11.3 Å². The Bertz CT molecular complexity index is 746. The predicted molar refractivity (Wildman–Crippen MR) is 89.8 cm³/mol. The second-order valence-corrected chi connectivity index (χ2v) is 6.47. The lowest BCUT2D eigenvalue weighted by molar-refractivity contribution is 0.0938. The van der Waals surface area contributed by atoms with E-state index in [1.807, 2.05) is 40.4 Å². The summed E-state index contributed by atoms with van der Waals surface area (Å²) in [4.78, 5) is 18.8. The zero-order chi connectivity index (χ0) is 15.4. The van der Waals surface area contributed by atoms with Crippen LogP contribution in [-0.2, 0) is 4.74 Å². The van der Waals surface area contributed by atoms with Gasteiger partial charge in [0.2, 0.25) is 0 Å². The zero-order valence-electron chi connectivity index (χ0n) is 12.2. The van der Waals surface area contributed by atoms with Gasteiger partial charge in [-0.25, -0.2) is 4.98 Å². The summed E-state index contributed by atoms with van der Waals surface area (Å²) in [6.07, 6.45) is 2.74. The number of rotatable bonds is 7. The number of nitrogens with one attached hydrogen (secondary N) is 1. The molecule has 0 saturated carbocycles. The molecule has 0 saturated heterocycles. The first-order chi connectivity index (χ1) is 10.8. The summed E-state index contributed by atoms with van der Waals surface area (Å²) in [6.45, 7) is 3.95. The molecule has 1 N–H and O–H groups in total. The van der Waals surface area contributed by atoms with Gasteiger partial charge in [0.05, 0.1) is 4.88 Å². The van der Waals surface area contributed by atoms with Gasteiger partial charge in [-0.15, -0.1) is 22.7 Å². The fraction of sp³-hybridized carbons (Fsp3) is 0.333. The highest BCUT2D eigenvalue weighted by atomic mass is 32.1. The van der Waals surface area contributed by atoms with Crippen LogP contribution >= 0.6 is 22.7 Å². The third-order valence-electron chi connectivity index (χ3n) is 3.17. The van der Waals surface area contributed by atoms with E-state index in [0.29, 0.717) is 25.5 Å². The van der Waals surface area contributed by atoms with Crippen LogP contribution < -0.4 is 5.32 Å². The van der Waals surface area contributed by atoms with Crippen molar-refractivity contribution in [2.75, 3.05) is 19.8 Å². The van der Waals surface area contributed by atoms with Crippen molar-refractivity contribution in [3.8, 4) is 10.6 Å². The number of hydrogen-bond donors (Lipinski definition) is 1. The van der Waals surface area contributed by atoms with Crippen molar-refractivity contribution < 1.29 is 9.53 Å². The van der Waals surface area contributed by atoms with Crippen LogP contribution in [0.2, 0.25) is 0 Å². The Morgan fingerprint density at radius 2 is 2.36 bits per heavy atom. The summed E-state index contributed by atoms with van der Waals surface area (Å²) in [7, 11) is 0. The molecular formula is C15H17N3O2S2. The molecule has 0 unspecified atom stereocenters. The number of aromatic nitrogens is 2. The molecule has 0 spiro atoms. The van der Waals surface area contributed by atoms with E-state index in [9.17, 15) is 4.79 Å². The molecular weight excluding hydrogens is 318 g/mol. The average Bonchev–Trinajstić information content (AvgIpc) is 3.22. The summed E-state index contributed by atoms with van der Waals surface area (Å²) in [5.41, 5.74) is 1.54. The van der Waals surface area contributed by atoms with Crippen LogP contribution in [0, 0.1) is 0 Å². The third kappa shape index (κ3) is 3.21. The largest absolute Gasteiger partial charge is 0.382 e. The van der Waals surface area contributed by atoms with Gasteiger partial charge in [-0.1, -0.05) is 6.07 Å². The van der Waals surface area contributed by atoms with Gasteiger partial charge in [-0.2, -0.15) is 0 Å². The van der Waals surface area contributed by atoms with Crippen molar-refractivity contribution in [3.05, 3.63) is 34.8 Å². The van der Waals surface area contributed by atoms with Gasteiger partial charge >= 0.3 is 0 Å². The lowest BCUT2D eigenvalue weighted by atomic mass is 10.4. The number of carbonyl (C=O) groups is 1. The maximum absolute atomic E-state index is 12.3. The number of ether oxygens (including phenoxy) is 1. The Morgan fingerprint density at radius 3 is 3.14 bits per heavy atom.